The first-order valence-electron chi connectivity index (χ1n) is 13.3. The van der Waals surface area contributed by atoms with Crippen LogP contribution < -0.4 is 0 Å². The molecule has 0 radical (unpaired) electrons. The third-order valence-electron chi connectivity index (χ3n) is 11.6. The number of ether oxygens (including phenoxy) is 2. The molecule has 0 aromatic carbocycles. The molecule has 0 aromatic heterocycles. The predicted molar refractivity (Wildman–Crippen MR) is 126 cm³/mol. The maximum atomic E-state index is 13.3. The standard InChI is InChI=1S/C28H38O7/c1-13-10-19(34-25(32)15(13)12-29)14(2)16-7-8-17-22-18(11-21(31)26(16,17)3)27(4)20(30)6-5-9-28(27,33)24-23(22)35-24/h5-6,14,16-19,21-24,29,31,33H,7-12H2,1-4H3/t14-,16+,17-,18-,19+,21-,22-,23-,24-,26+,27-,28-/m0/s1. The summed E-state index contributed by atoms with van der Waals surface area (Å²) in [6, 6.07) is 0. The fraction of sp³-hybridized carbons (Fsp3) is 0.786. The van der Waals surface area contributed by atoms with E-state index in [-0.39, 0.29) is 60.3 Å². The molecule has 2 heterocycles. The van der Waals surface area contributed by atoms with Crippen molar-refractivity contribution in [2.45, 2.75) is 89.8 Å². The molecule has 0 aromatic rings. The van der Waals surface area contributed by atoms with Gasteiger partial charge in [-0.05, 0) is 80.6 Å². The second kappa shape index (κ2) is 7.50. The number of carbonyl (C=O) groups excluding carboxylic acids is 2. The molecule has 7 nitrogen and oxygen atoms in total. The number of cyclic esters (lactones) is 1. The van der Waals surface area contributed by atoms with Gasteiger partial charge in [-0.1, -0.05) is 25.5 Å². The molecule has 192 valence electrons. The van der Waals surface area contributed by atoms with Crippen LogP contribution in [-0.2, 0) is 19.1 Å². The van der Waals surface area contributed by atoms with Crippen molar-refractivity contribution < 1.29 is 34.4 Å². The van der Waals surface area contributed by atoms with E-state index >= 15 is 0 Å². The van der Waals surface area contributed by atoms with Gasteiger partial charge in [-0.2, -0.15) is 0 Å². The number of esters is 1. The Hall–Kier alpha value is -1.54. The van der Waals surface area contributed by atoms with Gasteiger partial charge >= 0.3 is 5.97 Å². The van der Waals surface area contributed by atoms with Crippen LogP contribution >= 0.6 is 0 Å². The molecule has 0 bridgehead atoms. The molecule has 35 heavy (non-hydrogen) atoms. The van der Waals surface area contributed by atoms with E-state index in [9.17, 15) is 24.9 Å². The first kappa shape index (κ1) is 23.8. The molecule has 2 aliphatic heterocycles. The summed E-state index contributed by atoms with van der Waals surface area (Å²) >= 11 is 0. The van der Waals surface area contributed by atoms with E-state index in [0.29, 0.717) is 24.8 Å². The van der Waals surface area contributed by atoms with E-state index in [2.05, 4.69) is 13.8 Å². The van der Waals surface area contributed by atoms with Crippen molar-refractivity contribution in [2.24, 2.45) is 40.4 Å². The van der Waals surface area contributed by atoms with E-state index in [0.717, 1.165) is 18.4 Å². The van der Waals surface area contributed by atoms with Gasteiger partial charge in [-0.3, -0.25) is 4.79 Å². The summed E-state index contributed by atoms with van der Waals surface area (Å²) < 4.78 is 12.0. The molecular weight excluding hydrogens is 448 g/mol. The summed E-state index contributed by atoms with van der Waals surface area (Å²) in [4.78, 5) is 25.8. The highest BCUT2D eigenvalue weighted by atomic mass is 16.6. The summed E-state index contributed by atoms with van der Waals surface area (Å²) in [5.41, 5.74) is -1.33. The molecule has 0 spiro atoms. The van der Waals surface area contributed by atoms with E-state index in [1.54, 1.807) is 12.2 Å². The van der Waals surface area contributed by atoms with Crippen molar-refractivity contribution in [3.05, 3.63) is 23.3 Å². The maximum Gasteiger partial charge on any atom is 0.336 e. The quantitative estimate of drug-likeness (QED) is 0.414. The van der Waals surface area contributed by atoms with Gasteiger partial charge in [0.1, 0.15) is 17.8 Å². The minimum Gasteiger partial charge on any atom is -0.458 e. The minimum atomic E-state index is -1.21. The summed E-state index contributed by atoms with van der Waals surface area (Å²) in [7, 11) is 0. The zero-order valence-corrected chi connectivity index (χ0v) is 21.1. The van der Waals surface area contributed by atoms with Crippen LogP contribution in [0.2, 0.25) is 0 Å². The highest BCUT2D eigenvalue weighted by molar-refractivity contribution is 5.97. The molecular formula is C28H38O7. The Morgan fingerprint density at radius 3 is 2.63 bits per heavy atom. The number of rotatable bonds is 3. The van der Waals surface area contributed by atoms with Crippen LogP contribution in [0.5, 0.6) is 0 Å². The average molecular weight is 487 g/mol. The third kappa shape index (κ3) is 2.81. The zero-order chi connectivity index (χ0) is 25.1. The Labute approximate surface area is 206 Å². The number of hydrogen-bond acceptors (Lipinski definition) is 7. The Balaban J connectivity index is 1.32. The Bertz CT molecular complexity index is 1030. The van der Waals surface area contributed by atoms with Gasteiger partial charge in [0, 0.05) is 6.42 Å². The van der Waals surface area contributed by atoms with E-state index in [4.69, 9.17) is 9.47 Å². The summed E-state index contributed by atoms with van der Waals surface area (Å²) in [5.74, 6) is -0.148. The van der Waals surface area contributed by atoms with Crippen molar-refractivity contribution in [3.8, 4) is 0 Å². The van der Waals surface area contributed by atoms with Crippen LogP contribution in [0.1, 0.15) is 59.8 Å². The molecule has 6 aliphatic rings. The molecule has 3 N–H and O–H groups in total. The van der Waals surface area contributed by atoms with Gasteiger partial charge in [-0.25, -0.2) is 4.79 Å². The van der Waals surface area contributed by atoms with Crippen molar-refractivity contribution in [1.29, 1.82) is 0 Å². The van der Waals surface area contributed by atoms with Crippen LogP contribution in [0.4, 0.5) is 0 Å². The second-order valence-electron chi connectivity index (χ2n) is 12.6. The number of ketones is 1. The van der Waals surface area contributed by atoms with Crippen molar-refractivity contribution in [3.63, 3.8) is 0 Å². The van der Waals surface area contributed by atoms with Gasteiger partial charge in [-0.15, -0.1) is 0 Å². The van der Waals surface area contributed by atoms with Crippen LogP contribution in [0.3, 0.4) is 0 Å². The number of hydrogen-bond donors (Lipinski definition) is 3. The van der Waals surface area contributed by atoms with Crippen LogP contribution in [0, 0.1) is 40.4 Å². The van der Waals surface area contributed by atoms with Gasteiger partial charge in [0.05, 0.1) is 29.8 Å². The van der Waals surface area contributed by atoms with Crippen molar-refractivity contribution >= 4 is 11.8 Å². The first-order valence-corrected chi connectivity index (χ1v) is 13.3. The minimum absolute atomic E-state index is 0.0432. The van der Waals surface area contributed by atoms with Crippen LogP contribution in [0.25, 0.3) is 0 Å². The van der Waals surface area contributed by atoms with Crippen molar-refractivity contribution in [2.75, 3.05) is 6.61 Å². The zero-order valence-electron chi connectivity index (χ0n) is 21.1. The molecule has 0 amide bonds. The molecule has 12 atom stereocenters. The fourth-order valence-corrected chi connectivity index (χ4v) is 9.46. The lowest BCUT2D eigenvalue weighted by Crippen LogP contribution is -2.69. The van der Waals surface area contributed by atoms with Crippen LogP contribution in [-0.4, -0.2) is 63.7 Å². The summed E-state index contributed by atoms with van der Waals surface area (Å²) in [6.07, 6.45) is 5.38. The van der Waals surface area contributed by atoms with Gasteiger partial charge in [0.15, 0.2) is 5.78 Å². The van der Waals surface area contributed by atoms with Crippen LogP contribution in [0.15, 0.2) is 23.3 Å². The molecule has 3 saturated carbocycles. The van der Waals surface area contributed by atoms with Gasteiger partial charge in [0.2, 0.25) is 0 Å². The van der Waals surface area contributed by atoms with E-state index in [1.165, 1.54) is 0 Å². The molecule has 4 fully saturated rings. The van der Waals surface area contributed by atoms with Gasteiger partial charge < -0.3 is 24.8 Å². The molecule has 4 aliphatic carbocycles. The summed E-state index contributed by atoms with van der Waals surface area (Å²) in [5, 5.41) is 33.0. The Kier molecular flexibility index (Phi) is 5.11. The molecule has 0 unspecified atom stereocenters. The second-order valence-corrected chi connectivity index (χ2v) is 12.6. The fourth-order valence-electron chi connectivity index (χ4n) is 9.46. The largest absolute Gasteiger partial charge is 0.458 e. The first-order chi connectivity index (χ1) is 16.5. The smallest absolute Gasteiger partial charge is 0.336 e. The SMILES string of the molecule is CC1=C(CO)C(=O)O[C@@H]([C@@H](C)[C@H]2CC[C@H]3[C@@H]4[C@@H]5O[C@@H]5[C@@]5(O)CC=CC(=O)[C@]5(C)[C@H]4C[C@H](O)[C@]23C)C1. The maximum absolute atomic E-state index is 13.3. The predicted octanol–water partition coefficient (Wildman–Crippen LogP) is 2.32. The Morgan fingerprint density at radius 2 is 1.94 bits per heavy atom. The van der Waals surface area contributed by atoms with E-state index in [1.807, 2.05) is 13.8 Å². The topological polar surface area (TPSA) is 117 Å². The monoisotopic (exact) mass is 486 g/mol. The average Bonchev–Trinajstić information content (AvgIpc) is 3.53. The molecule has 7 heteroatoms. The lowest BCUT2D eigenvalue weighted by Gasteiger charge is -2.61. The number of epoxide rings is 1. The Morgan fingerprint density at radius 1 is 1.20 bits per heavy atom. The lowest BCUT2D eigenvalue weighted by atomic mass is 9.43. The number of aliphatic hydroxyl groups is 3. The number of carbonyl (C=O) groups is 2. The van der Waals surface area contributed by atoms with E-state index < -0.39 is 28.5 Å². The molecule has 6 rings (SSSR count). The highest BCUT2D eigenvalue weighted by Crippen LogP contribution is 2.71. The number of allylic oxidation sites excluding steroid dienone is 1. The van der Waals surface area contributed by atoms with Crippen molar-refractivity contribution in [1.82, 2.24) is 0 Å². The highest BCUT2D eigenvalue weighted by Gasteiger charge is 2.78. The molecule has 1 saturated heterocycles. The normalized spacial score (nSPS) is 53.3. The number of fused-ring (bicyclic) bond motifs is 8. The number of aliphatic hydroxyl groups excluding tert-OH is 2. The lowest BCUT2D eigenvalue weighted by molar-refractivity contribution is -0.201. The third-order valence-corrected chi connectivity index (χ3v) is 11.6. The van der Waals surface area contributed by atoms with Gasteiger partial charge in [0.25, 0.3) is 0 Å². The summed E-state index contributed by atoms with van der Waals surface area (Å²) in [6.45, 7) is 7.78.